The lowest BCUT2D eigenvalue weighted by Crippen LogP contribution is -2.49. The molecule has 0 aromatic rings. The summed E-state index contributed by atoms with van der Waals surface area (Å²) in [5.41, 5.74) is 3.77. The van der Waals surface area contributed by atoms with Crippen LogP contribution in [0.1, 0.15) is 41.0 Å². The van der Waals surface area contributed by atoms with E-state index < -0.39 is 17.2 Å². The minimum Gasteiger partial charge on any atom is -0.444 e. The highest BCUT2D eigenvalue weighted by Crippen LogP contribution is 2.11. The fourth-order valence-electron chi connectivity index (χ4n) is 1.21. The lowest BCUT2D eigenvalue weighted by molar-refractivity contribution is -0.123. The van der Waals surface area contributed by atoms with Gasteiger partial charge in [0.2, 0.25) is 5.91 Å². The summed E-state index contributed by atoms with van der Waals surface area (Å²) in [4.78, 5) is 22.9. The lowest BCUT2D eigenvalue weighted by Gasteiger charge is -2.28. The second kappa shape index (κ2) is 5.86. The van der Waals surface area contributed by atoms with Gasteiger partial charge in [0, 0.05) is 12.6 Å². The Bertz CT molecular complexity index is 282. The maximum atomic E-state index is 11.5. The molecule has 0 aliphatic rings. The molecule has 0 saturated heterocycles. The molecular weight excluding hydrogens is 222 g/mol. The van der Waals surface area contributed by atoms with Crippen molar-refractivity contribution in [2.24, 2.45) is 0 Å². The average molecular weight is 245 g/mol. The van der Waals surface area contributed by atoms with E-state index in [4.69, 9.17) is 4.74 Å². The molecule has 0 aliphatic carbocycles. The number of carbonyl (C=O) groups excluding carboxylic acids is 2. The predicted octanol–water partition coefficient (Wildman–Crippen LogP) is 0.930. The van der Waals surface area contributed by atoms with Gasteiger partial charge >= 0.3 is 6.09 Å². The fourth-order valence-corrected chi connectivity index (χ4v) is 1.21. The van der Waals surface area contributed by atoms with Gasteiger partial charge in [-0.25, -0.2) is 10.2 Å². The van der Waals surface area contributed by atoms with Crippen LogP contribution in [0.3, 0.4) is 0 Å². The van der Waals surface area contributed by atoms with E-state index in [0.29, 0.717) is 0 Å². The van der Waals surface area contributed by atoms with Gasteiger partial charge in [0.25, 0.3) is 0 Å². The van der Waals surface area contributed by atoms with Gasteiger partial charge in [-0.3, -0.25) is 10.2 Å². The van der Waals surface area contributed by atoms with Crippen molar-refractivity contribution in [1.29, 1.82) is 0 Å². The first-order valence-corrected chi connectivity index (χ1v) is 5.52. The first-order valence-electron chi connectivity index (χ1n) is 5.52. The molecule has 0 aromatic carbocycles. The van der Waals surface area contributed by atoms with Crippen LogP contribution in [0.5, 0.6) is 0 Å². The Morgan fingerprint density at radius 3 is 2.06 bits per heavy atom. The largest absolute Gasteiger partial charge is 0.444 e. The van der Waals surface area contributed by atoms with Crippen molar-refractivity contribution in [1.82, 2.24) is 16.2 Å². The van der Waals surface area contributed by atoms with Crippen LogP contribution in [0.25, 0.3) is 0 Å². The van der Waals surface area contributed by atoms with Crippen LogP contribution in [-0.4, -0.2) is 30.2 Å². The number of ether oxygens (including phenoxy) is 1. The van der Waals surface area contributed by atoms with Crippen LogP contribution in [-0.2, 0) is 9.53 Å². The standard InChI is InChI=1S/C11H23N3O3/c1-10(2,3)17-9(16)13-11(4,5)7-8(15)14-12-6/h12H,7H2,1-6H3,(H,13,16)(H,14,15). The third kappa shape index (κ3) is 8.50. The normalized spacial score (nSPS) is 11.9. The molecule has 0 saturated carbocycles. The molecular formula is C11H23N3O3. The van der Waals surface area contributed by atoms with Crippen molar-refractivity contribution in [3.8, 4) is 0 Å². The Labute approximate surface area is 102 Å². The third-order valence-corrected chi connectivity index (χ3v) is 1.71. The molecule has 0 unspecified atom stereocenters. The van der Waals surface area contributed by atoms with E-state index in [1.165, 1.54) is 0 Å². The summed E-state index contributed by atoms with van der Waals surface area (Å²) in [6.07, 6.45) is -0.368. The first kappa shape index (κ1) is 15.7. The van der Waals surface area contributed by atoms with Gasteiger partial charge in [0.15, 0.2) is 0 Å². The Kier molecular flexibility index (Phi) is 5.41. The van der Waals surface area contributed by atoms with Crippen molar-refractivity contribution in [3.05, 3.63) is 0 Å². The van der Waals surface area contributed by atoms with E-state index in [1.54, 1.807) is 41.7 Å². The zero-order valence-corrected chi connectivity index (χ0v) is 11.4. The Balaban J connectivity index is 4.25. The van der Waals surface area contributed by atoms with E-state index in [2.05, 4.69) is 16.2 Å². The van der Waals surface area contributed by atoms with Crippen molar-refractivity contribution < 1.29 is 14.3 Å². The molecule has 3 N–H and O–H groups in total. The minimum absolute atomic E-state index is 0.160. The fraction of sp³-hybridized carbons (Fsp3) is 0.818. The quantitative estimate of drug-likeness (QED) is 0.644. The summed E-state index contributed by atoms with van der Waals surface area (Å²) in [6, 6.07) is 0. The summed E-state index contributed by atoms with van der Waals surface area (Å²) < 4.78 is 5.12. The van der Waals surface area contributed by atoms with Gasteiger partial charge in [-0.2, -0.15) is 0 Å². The van der Waals surface area contributed by atoms with Crippen LogP contribution >= 0.6 is 0 Å². The summed E-state index contributed by atoms with van der Waals surface area (Å²) >= 11 is 0. The second-order valence-electron chi connectivity index (χ2n) is 5.49. The molecule has 0 aromatic heterocycles. The number of hydrogen-bond acceptors (Lipinski definition) is 4. The maximum absolute atomic E-state index is 11.5. The molecule has 0 atom stereocenters. The number of hydrazine groups is 1. The first-order chi connectivity index (χ1) is 7.56. The summed E-state index contributed by atoms with van der Waals surface area (Å²) in [5, 5.41) is 2.65. The van der Waals surface area contributed by atoms with Crippen LogP contribution in [0, 0.1) is 0 Å². The molecule has 0 aliphatic heterocycles. The Morgan fingerprint density at radius 2 is 1.65 bits per heavy atom. The minimum atomic E-state index is -0.663. The molecule has 17 heavy (non-hydrogen) atoms. The van der Waals surface area contributed by atoms with Gasteiger partial charge in [-0.05, 0) is 34.6 Å². The number of carbonyl (C=O) groups is 2. The highest BCUT2D eigenvalue weighted by molar-refractivity contribution is 5.78. The smallest absolute Gasteiger partial charge is 0.408 e. The van der Waals surface area contributed by atoms with Crippen molar-refractivity contribution in [2.75, 3.05) is 7.05 Å². The summed E-state index contributed by atoms with van der Waals surface area (Å²) in [7, 11) is 1.60. The molecule has 0 heterocycles. The SMILES string of the molecule is CNNC(=O)CC(C)(C)NC(=O)OC(C)(C)C. The molecule has 6 heteroatoms. The van der Waals surface area contributed by atoms with E-state index in [-0.39, 0.29) is 12.3 Å². The van der Waals surface area contributed by atoms with E-state index in [9.17, 15) is 9.59 Å². The highest BCUT2D eigenvalue weighted by Gasteiger charge is 2.26. The third-order valence-electron chi connectivity index (χ3n) is 1.71. The van der Waals surface area contributed by atoms with Crippen molar-refractivity contribution in [3.63, 3.8) is 0 Å². The second-order valence-corrected chi connectivity index (χ2v) is 5.49. The number of rotatable bonds is 4. The number of amides is 2. The van der Waals surface area contributed by atoms with Crippen molar-refractivity contribution >= 4 is 12.0 Å². The van der Waals surface area contributed by atoms with Crippen LogP contribution < -0.4 is 16.2 Å². The van der Waals surface area contributed by atoms with Crippen molar-refractivity contribution in [2.45, 2.75) is 52.2 Å². The zero-order valence-electron chi connectivity index (χ0n) is 11.4. The Hall–Kier alpha value is -1.30. The van der Waals surface area contributed by atoms with Gasteiger partial charge in [0.05, 0.1) is 6.42 Å². The van der Waals surface area contributed by atoms with Crippen LogP contribution in [0.2, 0.25) is 0 Å². The number of hydrogen-bond donors (Lipinski definition) is 3. The summed E-state index contributed by atoms with van der Waals surface area (Å²) in [6.45, 7) is 8.87. The van der Waals surface area contributed by atoms with Crippen LogP contribution in [0.15, 0.2) is 0 Å². The van der Waals surface area contributed by atoms with Gasteiger partial charge in [-0.15, -0.1) is 0 Å². The van der Waals surface area contributed by atoms with Gasteiger partial charge in [0.1, 0.15) is 5.60 Å². The lowest BCUT2D eigenvalue weighted by atomic mass is 10.0. The van der Waals surface area contributed by atoms with Crippen LogP contribution in [0.4, 0.5) is 4.79 Å². The van der Waals surface area contributed by atoms with E-state index in [0.717, 1.165) is 0 Å². The molecule has 100 valence electrons. The molecule has 0 fully saturated rings. The molecule has 6 nitrogen and oxygen atoms in total. The summed E-state index contributed by atoms with van der Waals surface area (Å²) in [5.74, 6) is -0.200. The molecule has 0 rings (SSSR count). The number of nitrogens with one attached hydrogen (secondary N) is 3. The van der Waals surface area contributed by atoms with Gasteiger partial charge in [-0.1, -0.05) is 0 Å². The maximum Gasteiger partial charge on any atom is 0.408 e. The predicted molar refractivity (Wildman–Crippen MR) is 65.3 cm³/mol. The monoisotopic (exact) mass is 245 g/mol. The zero-order chi connectivity index (χ0) is 13.7. The van der Waals surface area contributed by atoms with E-state index >= 15 is 0 Å². The number of alkyl carbamates (subject to hydrolysis) is 1. The topological polar surface area (TPSA) is 79.5 Å². The Morgan fingerprint density at radius 1 is 1.12 bits per heavy atom. The van der Waals surface area contributed by atoms with E-state index in [1.807, 2.05) is 0 Å². The molecule has 0 bridgehead atoms. The highest BCUT2D eigenvalue weighted by atomic mass is 16.6. The molecule has 0 radical (unpaired) electrons. The molecule has 2 amide bonds. The molecule has 0 spiro atoms. The average Bonchev–Trinajstić information content (AvgIpc) is 1.96. The van der Waals surface area contributed by atoms with Gasteiger partial charge < -0.3 is 10.1 Å².